The Bertz CT molecular complexity index is 674. The molecule has 0 aromatic heterocycles. The molecule has 0 atom stereocenters. The fourth-order valence-corrected chi connectivity index (χ4v) is 2.15. The summed E-state index contributed by atoms with van der Waals surface area (Å²) in [6.07, 6.45) is 0. The van der Waals surface area contributed by atoms with Gasteiger partial charge in [0.15, 0.2) is 5.78 Å². The molecule has 0 radical (unpaired) electrons. The molecule has 0 N–H and O–H groups in total. The van der Waals surface area contributed by atoms with Gasteiger partial charge in [-0.2, -0.15) is 0 Å². The zero-order valence-corrected chi connectivity index (χ0v) is 12.3. The lowest BCUT2D eigenvalue weighted by molar-refractivity contribution is 0.103. The summed E-state index contributed by atoms with van der Waals surface area (Å²) in [5.74, 6) is -2.38. The molecular formula is C13H5BrCl2F2O. The van der Waals surface area contributed by atoms with Crippen LogP contribution in [0.15, 0.2) is 34.8 Å². The smallest absolute Gasteiger partial charge is 0.198 e. The van der Waals surface area contributed by atoms with Crippen molar-refractivity contribution in [2.45, 2.75) is 0 Å². The fourth-order valence-electron chi connectivity index (χ4n) is 1.52. The Hall–Kier alpha value is -0.970. The minimum atomic E-state index is -0.809. The van der Waals surface area contributed by atoms with Crippen molar-refractivity contribution in [2.75, 3.05) is 0 Å². The quantitative estimate of drug-likeness (QED) is 0.523. The molecule has 98 valence electrons. The standard InChI is InChI=1S/C13H5BrCl2F2O/c14-9-5-12(18)8(4-10(9)16)13(19)7-2-1-6(15)3-11(7)17/h1-5H. The Morgan fingerprint density at radius 3 is 2.26 bits per heavy atom. The Morgan fingerprint density at radius 2 is 1.63 bits per heavy atom. The minimum absolute atomic E-state index is 0.156. The van der Waals surface area contributed by atoms with Gasteiger partial charge in [-0.3, -0.25) is 4.79 Å². The van der Waals surface area contributed by atoms with E-state index in [1.807, 2.05) is 0 Å². The van der Waals surface area contributed by atoms with E-state index >= 15 is 0 Å². The van der Waals surface area contributed by atoms with E-state index in [0.29, 0.717) is 4.47 Å². The average molecular weight is 366 g/mol. The van der Waals surface area contributed by atoms with E-state index in [1.54, 1.807) is 0 Å². The molecule has 2 rings (SSSR count). The average Bonchev–Trinajstić information content (AvgIpc) is 2.33. The highest BCUT2D eigenvalue weighted by Gasteiger charge is 2.19. The number of benzene rings is 2. The summed E-state index contributed by atoms with van der Waals surface area (Å²) < 4.78 is 27.7. The van der Waals surface area contributed by atoms with Crippen LogP contribution in [0.5, 0.6) is 0 Å². The lowest BCUT2D eigenvalue weighted by atomic mass is 10.0. The topological polar surface area (TPSA) is 17.1 Å². The van der Waals surface area contributed by atoms with E-state index in [0.717, 1.165) is 18.2 Å². The number of hydrogen-bond acceptors (Lipinski definition) is 1. The third-order valence-corrected chi connectivity index (χ3v) is 3.86. The van der Waals surface area contributed by atoms with Crippen molar-refractivity contribution in [1.82, 2.24) is 0 Å². The van der Waals surface area contributed by atoms with Crippen molar-refractivity contribution in [2.24, 2.45) is 0 Å². The molecule has 0 amide bonds. The van der Waals surface area contributed by atoms with Crippen molar-refractivity contribution in [3.63, 3.8) is 0 Å². The molecule has 0 spiro atoms. The maximum atomic E-state index is 13.7. The lowest BCUT2D eigenvalue weighted by Crippen LogP contribution is -2.07. The summed E-state index contributed by atoms with van der Waals surface area (Å²) in [4.78, 5) is 12.1. The summed E-state index contributed by atoms with van der Waals surface area (Å²) in [6.45, 7) is 0. The normalized spacial score (nSPS) is 10.6. The van der Waals surface area contributed by atoms with Gasteiger partial charge in [0, 0.05) is 9.50 Å². The van der Waals surface area contributed by atoms with Gasteiger partial charge in [0.05, 0.1) is 16.1 Å². The van der Waals surface area contributed by atoms with Gasteiger partial charge in [-0.05, 0) is 46.3 Å². The number of hydrogen-bond donors (Lipinski definition) is 0. The van der Waals surface area contributed by atoms with Crippen molar-refractivity contribution in [1.29, 1.82) is 0 Å². The number of rotatable bonds is 2. The fraction of sp³-hybridized carbons (Fsp3) is 0. The van der Waals surface area contributed by atoms with Gasteiger partial charge in [-0.25, -0.2) is 8.78 Å². The van der Waals surface area contributed by atoms with Crippen LogP contribution in [0.25, 0.3) is 0 Å². The van der Waals surface area contributed by atoms with Crippen LogP contribution in [0.2, 0.25) is 10.0 Å². The van der Waals surface area contributed by atoms with Crippen molar-refractivity contribution >= 4 is 44.9 Å². The molecular weight excluding hydrogens is 361 g/mol. The number of carbonyl (C=O) groups excluding carboxylic acids is 1. The van der Waals surface area contributed by atoms with Crippen molar-refractivity contribution in [3.8, 4) is 0 Å². The molecule has 0 saturated heterocycles. The van der Waals surface area contributed by atoms with Crippen LogP contribution >= 0.6 is 39.1 Å². The molecule has 0 saturated carbocycles. The molecule has 1 nitrogen and oxygen atoms in total. The summed E-state index contributed by atoms with van der Waals surface area (Å²) in [6, 6.07) is 5.76. The highest BCUT2D eigenvalue weighted by Crippen LogP contribution is 2.27. The largest absolute Gasteiger partial charge is 0.288 e. The molecule has 0 aliphatic rings. The maximum Gasteiger partial charge on any atom is 0.198 e. The van der Waals surface area contributed by atoms with Gasteiger partial charge in [0.25, 0.3) is 0 Å². The van der Waals surface area contributed by atoms with Gasteiger partial charge in [-0.15, -0.1) is 0 Å². The Morgan fingerprint density at radius 1 is 1.00 bits per heavy atom. The Labute approximate surface area is 126 Å². The first-order valence-electron chi connectivity index (χ1n) is 5.04. The van der Waals surface area contributed by atoms with Crippen LogP contribution in [-0.4, -0.2) is 5.78 Å². The molecule has 0 unspecified atom stereocenters. The molecule has 0 heterocycles. The molecule has 0 bridgehead atoms. The molecule has 0 fully saturated rings. The van der Waals surface area contributed by atoms with E-state index in [-0.39, 0.29) is 21.2 Å². The monoisotopic (exact) mass is 364 g/mol. The first-order chi connectivity index (χ1) is 8.90. The van der Waals surface area contributed by atoms with Gasteiger partial charge >= 0.3 is 0 Å². The third-order valence-electron chi connectivity index (χ3n) is 2.43. The third kappa shape index (κ3) is 2.96. The van der Waals surface area contributed by atoms with E-state index in [1.165, 1.54) is 12.1 Å². The molecule has 6 heteroatoms. The van der Waals surface area contributed by atoms with E-state index in [4.69, 9.17) is 23.2 Å². The molecule has 0 aliphatic carbocycles. The van der Waals surface area contributed by atoms with Crippen molar-refractivity contribution in [3.05, 3.63) is 67.6 Å². The first-order valence-corrected chi connectivity index (χ1v) is 6.59. The van der Waals surface area contributed by atoms with Crippen molar-refractivity contribution < 1.29 is 13.6 Å². The second kappa shape index (κ2) is 5.57. The highest BCUT2D eigenvalue weighted by molar-refractivity contribution is 9.10. The van der Waals surface area contributed by atoms with E-state index in [9.17, 15) is 13.6 Å². The number of halogens is 5. The second-order valence-electron chi connectivity index (χ2n) is 3.70. The summed E-state index contributed by atoms with van der Waals surface area (Å²) >= 11 is 14.4. The highest BCUT2D eigenvalue weighted by atomic mass is 79.9. The summed E-state index contributed by atoms with van der Waals surface area (Å²) in [5, 5.41) is 0.322. The maximum absolute atomic E-state index is 13.7. The summed E-state index contributed by atoms with van der Waals surface area (Å²) in [5.41, 5.74) is -0.559. The molecule has 2 aromatic rings. The number of ketones is 1. The Kier molecular flexibility index (Phi) is 4.23. The van der Waals surface area contributed by atoms with Crippen LogP contribution in [-0.2, 0) is 0 Å². The van der Waals surface area contributed by atoms with Crippen LogP contribution in [0.4, 0.5) is 8.78 Å². The SMILES string of the molecule is O=C(c1ccc(Cl)cc1F)c1cc(Cl)c(Br)cc1F. The van der Waals surface area contributed by atoms with Crippen LogP contribution in [0.1, 0.15) is 15.9 Å². The van der Waals surface area contributed by atoms with Crippen LogP contribution in [0, 0.1) is 11.6 Å². The van der Waals surface area contributed by atoms with Gasteiger partial charge in [0.1, 0.15) is 11.6 Å². The van der Waals surface area contributed by atoms with Gasteiger partial charge in [-0.1, -0.05) is 23.2 Å². The predicted octanol–water partition coefficient (Wildman–Crippen LogP) is 5.27. The number of carbonyl (C=O) groups is 1. The second-order valence-corrected chi connectivity index (χ2v) is 5.40. The minimum Gasteiger partial charge on any atom is -0.288 e. The lowest BCUT2D eigenvalue weighted by Gasteiger charge is -2.06. The van der Waals surface area contributed by atoms with Crippen LogP contribution in [0.3, 0.4) is 0 Å². The van der Waals surface area contributed by atoms with Gasteiger partial charge < -0.3 is 0 Å². The van der Waals surface area contributed by atoms with E-state index < -0.39 is 17.4 Å². The van der Waals surface area contributed by atoms with Gasteiger partial charge in [0.2, 0.25) is 0 Å². The zero-order chi connectivity index (χ0) is 14.2. The molecule has 19 heavy (non-hydrogen) atoms. The zero-order valence-electron chi connectivity index (χ0n) is 9.18. The van der Waals surface area contributed by atoms with E-state index in [2.05, 4.69) is 15.9 Å². The Balaban J connectivity index is 2.53. The molecule has 0 aliphatic heterocycles. The first kappa shape index (κ1) is 14.4. The summed E-state index contributed by atoms with van der Waals surface area (Å²) in [7, 11) is 0. The van der Waals surface area contributed by atoms with Crippen LogP contribution < -0.4 is 0 Å². The predicted molar refractivity (Wildman–Crippen MR) is 74.0 cm³/mol. The molecule has 2 aromatic carbocycles.